The first kappa shape index (κ1) is 15.0. The Hall–Kier alpha value is -1.35. The fourth-order valence-corrected chi connectivity index (χ4v) is 3.00. The molecule has 1 aromatic carbocycles. The zero-order chi connectivity index (χ0) is 14.7. The van der Waals surface area contributed by atoms with Gasteiger partial charge in [0.2, 0.25) is 5.91 Å². The van der Waals surface area contributed by atoms with E-state index in [2.05, 4.69) is 13.8 Å². The van der Waals surface area contributed by atoms with Gasteiger partial charge in [-0.15, -0.1) is 0 Å². The molecule has 0 bridgehead atoms. The van der Waals surface area contributed by atoms with Crippen molar-refractivity contribution in [1.29, 1.82) is 0 Å². The lowest BCUT2D eigenvalue weighted by Gasteiger charge is -2.34. The van der Waals surface area contributed by atoms with Gasteiger partial charge in [-0.1, -0.05) is 31.5 Å². The Morgan fingerprint density at radius 3 is 2.60 bits per heavy atom. The van der Waals surface area contributed by atoms with Crippen LogP contribution in [0.1, 0.15) is 25.8 Å². The monoisotopic (exact) mass is 295 g/mol. The van der Waals surface area contributed by atoms with Gasteiger partial charge in [0, 0.05) is 24.7 Å². The number of halogens is 2. The largest absolute Gasteiger partial charge is 0.339 e. The molecule has 1 aliphatic rings. The van der Waals surface area contributed by atoms with Crippen molar-refractivity contribution in [2.75, 3.05) is 13.1 Å². The van der Waals surface area contributed by atoms with Gasteiger partial charge in [0.15, 0.2) is 0 Å². The number of benzene rings is 1. The number of rotatable bonds is 2. The van der Waals surface area contributed by atoms with E-state index in [1.54, 1.807) is 12.1 Å². The molecule has 1 fully saturated rings. The molecule has 0 aliphatic carbocycles. The van der Waals surface area contributed by atoms with E-state index in [9.17, 15) is 9.18 Å². The van der Waals surface area contributed by atoms with Crippen molar-refractivity contribution in [2.24, 2.45) is 11.8 Å². The van der Waals surface area contributed by atoms with Crippen LogP contribution >= 0.6 is 11.6 Å². The molecule has 1 heterocycles. The highest BCUT2D eigenvalue weighted by Crippen LogP contribution is 2.23. The number of piperidine rings is 1. The Bertz CT molecular complexity index is 499. The second-order valence-electron chi connectivity index (χ2n) is 5.66. The highest BCUT2D eigenvalue weighted by molar-refractivity contribution is 6.32. The smallest absolute Gasteiger partial charge is 0.246 e. The summed E-state index contributed by atoms with van der Waals surface area (Å²) in [6.07, 6.45) is 4.02. The van der Waals surface area contributed by atoms with Gasteiger partial charge < -0.3 is 4.90 Å². The molecule has 4 heteroatoms. The second kappa shape index (κ2) is 6.40. The lowest BCUT2D eigenvalue weighted by molar-refractivity contribution is -0.128. The van der Waals surface area contributed by atoms with E-state index in [4.69, 9.17) is 11.6 Å². The van der Waals surface area contributed by atoms with Crippen molar-refractivity contribution in [3.8, 4) is 0 Å². The van der Waals surface area contributed by atoms with Gasteiger partial charge in [0.25, 0.3) is 0 Å². The lowest BCUT2D eigenvalue weighted by atomic mass is 9.92. The molecular formula is C16H19ClFNO. The maximum absolute atomic E-state index is 13.6. The van der Waals surface area contributed by atoms with Crippen molar-refractivity contribution in [3.63, 3.8) is 0 Å². The normalized spacial score (nSPS) is 23.3. The quantitative estimate of drug-likeness (QED) is 0.755. The molecule has 1 amide bonds. The van der Waals surface area contributed by atoms with Crippen molar-refractivity contribution >= 4 is 23.6 Å². The number of likely N-dealkylation sites (tertiary alicyclic amines) is 1. The first-order valence-corrected chi connectivity index (χ1v) is 7.26. The SMILES string of the molecule is C[C@@H]1C[C@H](C)CN(C(=O)/C=C/c2c(F)cccc2Cl)C1. The third-order valence-electron chi connectivity index (χ3n) is 3.57. The van der Waals surface area contributed by atoms with E-state index in [1.165, 1.54) is 18.2 Å². The van der Waals surface area contributed by atoms with E-state index < -0.39 is 5.82 Å². The van der Waals surface area contributed by atoms with Crippen LogP contribution in [-0.4, -0.2) is 23.9 Å². The summed E-state index contributed by atoms with van der Waals surface area (Å²) in [4.78, 5) is 14.0. The van der Waals surface area contributed by atoms with Crippen LogP contribution in [0.25, 0.3) is 6.08 Å². The molecule has 2 nitrogen and oxygen atoms in total. The van der Waals surface area contributed by atoms with Crippen LogP contribution < -0.4 is 0 Å². The molecule has 2 atom stereocenters. The standard InChI is InChI=1S/C16H19ClFNO/c1-11-8-12(2)10-19(9-11)16(20)7-6-13-14(17)4-3-5-15(13)18/h3-7,11-12H,8-10H2,1-2H3/b7-6+/t11-,12+. The molecule has 1 saturated heterocycles. The number of amides is 1. The first-order chi connectivity index (χ1) is 9.47. The molecule has 0 unspecified atom stereocenters. The Morgan fingerprint density at radius 1 is 1.35 bits per heavy atom. The maximum atomic E-state index is 13.6. The fourth-order valence-electron chi connectivity index (χ4n) is 2.77. The van der Waals surface area contributed by atoms with Crippen LogP contribution in [0.4, 0.5) is 4.39 Å². The summed E-state index contributed by atoms with van der Waals surface area (Å²) in [6, 6.07) is 4.49. The molecule has 0 aromatic heterocycles. The minimum atomic E-state index is -0.415. The summed E-state index contributed by atoms with van der Waals surface area (Å²) in [5.41, 5.74) is 0.264. The summed E-state index contributed by atoms with van der Waals surface area (Å²) in [6.45, 7) is 5.82. The summed E-state index contributed by atoms with van der Waals surface area (Å²) in [5, 5.41) is 0.314. The van der Waals surface area contributed by atoms with Crippen LogP contribution in [0, 0.1) is 17.7 Å². The van der Waals surface area contributed by atoms with Gasteiger partial charge in [-0.3, -0.25) is 4.79 Å². The van der Waals surface area contributed by atoms with E-state index in [0.29, 0.717) is 16.9 Å². The van der Waals surface area contributed by atoms with Crippen molar-refractivity contribution in [1.82, 2.24) is 4.90 Å². The maximum Gasteiger partial charge on any atom is 0.246 e. The third-order valence-corrected chi connectivity index (χ3v) is 3.90. The van der Waals surface area contributed by atoms with Crippen molar-refractivity contribution in [3.05, 3.63) is 40.7 Å². The lowest BCUT2D eigenvalue weighted by Crippen LogP contribution is -2.41. The van der Waals surface area contributed by atoms with Gasteiger partial charge in [-0.2, -0.15) is 0 Å². The molecule has 108 valence electrons. The first-order valence-electron chi connectivity index (χ1n) is 6.88. The third kappa shape index (κ3) is 3.60. The molecule has 0 N–H and O–H groups in total. The number of nitrogens with zero attached hydrogens (tertiary/aromatic N) is 1. The number of hydrogen-bond acceptors (Lipinski definition) is 1. The van der Waals surface area contributed by atoms with Crippen molar-refractivity contribution < 1.29 is 9.18 Å². The average molecular weight is 296 g/mol. The number of hydrogen-bond donors (Lipinski definition) is 0. The molecular weight excluding hydrogens is 277 g/mol. The molecule has 0 saturated carbocycles. The predicted octanol–water partition coefficient (Wildman–Crippen LogP) is 4.00. The zero-order valence-corrected chi connectivity index (χ0v) is 12.5. The molecule has 1 aliphatic heterocycles. The predicted molar refractivity (Wildman–Crippen MR) is 80.0 cm³/mol. The van der Waals surface area contributed by atoms with Gasteiger partial charge in [-0.05, 0) is 36.5 Å². The Kier molecular flexibility index (Phi) is 4.81. The Balaban J connectivity index is 2.09. The van der Waals surface area contributed by atoms with Gasteiger partial charge >= 0.3 is 0 Å². The Labute approximate surface area is 124 Å². The summed E-state index contributed by atoms with van der Waals surface area (Å²) >= 11 is 5.93. The number of carbonyl (C=O) groups excluding carboxylic acids is 1. The fraction of sp³-hybridized carbons (Fsp3) is 0.438. The number of carbonyl (C=O) groups is 1. The van der Waals surface area contributed by atoms with Crippen LogP contribution in [0.2, 0.25) is 5.02 Å². The molecule has 2 rings (SSSR count). The minimum Gasteiger partial charge on any atom is -0.339 e. The van der Waals surface area contributed by atoms with Gasteiger partial charge in [-0.25, -0.2) is 4.39 Å². The molecule has 0 radical (unpaired) electrons. The van der Waals surface area contributed by atoms with Crippen LogP contribution in [-0.2, 0) is 4.79 Å². The van der Waals surface area contributed by atoms with Crippen LogP contribution in [0.5, 0.6) is 0 Å². The van der Waals surface area contributed by atoms with Gasteiger partial charge in [0.1, 0.15) is 5.82 Å². The zero-order valence-electron chi connectivity index (χ0n) is 11.8. The van der Waals surface area contributed by atoms with E-state index in [1.807, 2.05) is 4.90 Å². The highest BCUT2D eigenvalue weighted by Gasteiger charge is 2.24. The summed E-state index contributed by atoms with van der Waals surface area (Å²) < 4.78 is 13.6. The summed E-state index contributed by atoms with van der Waals surface area (Å²) in [7, 11) is 0. The second-order valence-corrected chi connectivity index (χ2v) is 6.07. The average Bonchev–Trinajstić information content (AvgIpc) is 2.36. The summed E-state index contributed by atoms with van der Waals surface area (Å²) in [5.74, 6) is 0.519. The Morgan fingerprint density at radius 2 is 2.00 bits per heavy atom. The van der Waals surface area contributed by atoms with Gasteiger partial charge in [0.05, 0.1) is 5.02 Å². The van der Waals surface area contributed by atoms with E-state index in [0.717, 1.165) is 19.5 Å². The topological polar surface area (TPSA) is 20.3 Å². The van der Waals surface area contributed by atoms with E-state index >= 15 is 0 Å². The van der Waals surface area contributed by atoms with Crippen molar-refractivity contribution in [2.45, 2.75) is 20.3 Å². The highest BCUT2D eigenvalue weighted by atomic mass is 35.5. The molecule has 0 spiro atoms. The van der Waals surface area contributed by atoms with E-state index in [-0.39, 0.29) is 11.5 Å². The molecule has 20 heavy (non-hydrogen) atoms. The van der Waals surface area contributed by atoms with Crippen LogP contribution in [0.15, 0.2) is 24.3 Å². The molecule has 1 aromatic rings. The van der Waals surface area contributed by atoms with Crippen LogP contribution in [0.3, 0.4) is 0 Å². The minimum absolute atomic E-state index is 0.0808.